The van der Waals surface area contributed by atoms with Gasteiger partial charge in [-0.3, -0.25) is 0 Å². The van der Waals surface area contributed by atoms with Gasteiger partial charge in [0.25, 0.3) is 0 Å². The molecule has 5 heteroatoms. The van der Waals surface area contributed by atoms with Crippen LogP contribution in [0.3, 0.4) is 0 Å². The summed E-state index contributed by atoms with van der Waals surface area (Å²) in [6, 6.07) is 7.24. The topological polar surface area (TPSA) is 30.9 Å². The van der Waals surface area contributed by atoms with Crippen LogP contribution in [-0.2, 0) is 15.7 Å². The van der Waals surface area contributed by atoms with E-state index in [0.29, 0.717) is 6.04 Å². The molecule has 27 heavy (non-hydrogen) atoms. The van der Waals surface area contributed by atoms with E-state index < -0.39 is 0 Å². The van der Waals surface area contributed by atoms with Crippen molar-refractivity contribution in [2.45, 2.75) is 89.1 Å². The Balaban J connectivity index is 1.37. The molecule has 4 heterocycles. The second kappa shape index (κ2) is 5.98. The van der Waals surface area contributed by atoms with Gasteiger partial charge in [-0.15, -0.1) is 0 Å². The fourth-order valence-electron chi connectivity index (χ4n) is 5.39. The van der Waals surface area contributed by atoms with Crippen LogP contribution in [0, 0.1) is 0 Å². The monoisotopic (exact) mass is 369 g/mol. The van der Waals surface area contributed by atoms with Crippen molar-refractivity contribution in [3.05, 3.63) is 23.8 Å². The molecule has 146 valence electrons. The van der Waals surface area contributed by atoms with Crippen LogP contribution in [0.5, 0.6) is 5.75 Å². The lowest BCUT2D eigenvalue weighted by Gasteiger charge is -2.32. The number of rotatable bonds is 1. The molecule has 2 unspecified atom stereocenters. The largest absolute Gasteiger partial charge is 0.494 e. The molecule has 5 rings (SSSR count). The minimum atomic E-state index is -0.304. The Hall–Kier alpha value is -1.04. The summed E-state index contributed by atoms with van der Waals surface area (Å²) >= 11 is 0. The Bertz CT molecular complexity index is 733. The van der Waals surface area contributed by atoms with Crippen molar-refractivity contribution in [2.24, 2.45) is 0 Å². The molecule has 3 saturated heterocycles. The Morgan fingerprint density at radius 1 is 1.04 bits per heavy atom. The van der Waals surface area contributed by atoms with Gasteiger partial charge in [0.05, 0.1) is 11.2 Å². The number of hydrogen-bond donors (Lipinski definition) is 0. The molecule has 0 amide bonds. The van der Waals surface area contributed by atoms with Crippen molar-refractivity contribution >= 4 is 12.6 Å². The standard InChI is InChI=1S/C22H32BNO3/c1-20(2)21(3,4)27-23(26-20)17-8-9-19-16(13-17)14-22(25-19)10-6-12-24-11-5-7-18(24)15-22/h8-9,13,18H,5-7,10-12,14-15H2,1-4H3. The summed E-state index contributed by atoms with van der Waals surface area (Å²) in [5.74, 6) is 1.07. The summed E-state index contributed by atoms with van der Waals surface area (Å²) < 4.78 is 19.1. The Labute approximate surface area is 163 Å². The lowest BCUT2D eigenvalue weighted by molar-refractivity contribution is 0.00578. The molecule has 3 fully saturated rings. The average molecular weight is 369 g/mol. The molecule has 0 aromatic heterocycles. The van der Waals surface area contributed by atoms with E-state index in [9.17, 15) is 0 Å². The van der Waals surface area contributed by atoms with Crippen molar-refractivity contribution in [1.82, 2.24) is 4.90 Å². The van der Waals surface area contributed by atoms with Crippen molar-refractivity contribution in [3.8, 4) is 5.75 Å². The molecule has 4 aliphatic heterocycles. The summed E-state index contributed by atoms with van der Waals surface area (Å²) in [5, 5.41) is 0. The molecular weight excluding hydrogens is 337 g/mol. The zero-order chi connectivity index (χ0) is 18.9. The fraction of sp³-hybridized carbons (Fsp3) is 0.727. The quantitative estimate of drug-likeness (QED) is 0.711. The van der Waals surface area contributed by atoms with E-state index in [1.54, 1.807) is 0 Å². The van der Waals surface area contributed by atoms with Crippen LogP contribution < -0.4 is 10.2 Å². The van der Waals surface area contributed by atoms with Crippen LogP contribution in [0.2, 0.25) is 0 Å². The zero-order valence-electron chi connectivity index (χ0n) is 17.2. The van der Waals surface area contributed by atoms with Crippen LogP contribution in [0.4, 0.5) is 0 Å². The van der Waals surface area contributed by atoms with E-state index in [0.717, 1.165) is 17.6 Å². The molecule has 0 radical (unpaired) electrons. The Morgan fingerprint density at radius 3 is 2.56 bits per heavy atom. The van der Waals surface area contributed by atoms with Crippen LogP contribution in [0.15, 0.2) is 18.2 Å². The van der Waals surface area contributed by atoms with E-state index in [-0.39, 0.29) is 23.9 Å². The number of ether oxygens (including phenoxy) is 1. The molecule has 2 atom stereocenters. The van der Waals surface area contributed by atoms with Crippen molar-refractivity contribution in [3.63, 3.8) is 0 Å². The van der Waals surface area contributed by atoms with E-state index >= 15 is 0 Å². The first-order valence-electron chi connectivity index (χ1n) is 10.7. The second-order valence-corrected chi connectivity index (χ2v) is 10.1. The maximum absolute atomic E-state index is 6.61. The lowest BCUT2D eigenvalue weighted by Crippen LogP contribution is -2.41. The Kier molecular flexibility index (Phi) is 3.99. The van der Waals surface area contributed by atoms with Gasteiger partial charge in [0, 0.05) is 18.9 Å². The summed E-state index contributed by atoms with van der Waals surface area (Å²) in [6.45, 7) is 11.0. The Morgan fingerprint density at radius 2 is 1.78 bits per heavy atom. The average Bonchev–Trinajstić information content (AvgIpc) is 3.19. The third kappa shape index (κ3) is 2.94. The highest BCUT2D eigenvalue weighted by Crippen LogP contribution is 2.44. The van der Waals surface area contributed by atoms with E-state index in [2.05, 4.69) is 50.8 Å². The highest BCUT2D eigenvalue weighted by atomic mass is 16.7. The molecule has 0 aliphatic carbocycles. The van der Waals surface area contributed by atoms with Crippen LogP contribution in [-0.4, -0.2) is 48.0 Å². The van der Waals surface area contributed by atoms with Gasteiger partial charge in [-0.05, 0) is 83.6 Å². The number of benzene rings is 1. The maximum atomic E-state index is 6.61. The molecule has 0 bridgehead atoms. The van der Waals surface area contributed by atoms with Gasteiger partial charge < -0.3 is 18.9 Å². The van der Waals surface area contributed by atoms with Gasteiger partial charge in [0.1, 0.15) is 11.4 Å². The van der Waals surface area contributed by atoms with Crippen molar-refractivity contribution < 1.29 is 14.0 Å². The first kappa shape index (κ1) is 18.0. The lowest BCUT2D eigenvalue weighted by atomic mass is 9.77. The first-order chi connectivity index (χ1) is 12.8. The number of hydrogen-bond acceptors (Lipinski definition) is 4. The minimum Gasteiger partial charge on any atom is -0.487 e. The van der Waals surface area contributed by atoms with Gasteiger partial charge in [0.2, 0.25) is 0 Å². The fourth-order valence-corrected chi connectivity index (χ4v) is 5.39. The SMILES string of the molecule is CC1(C)OB(c2ccc3c(c2)CC2(CCCN4CCCC4C2)O3)OC1(C)C. The van der Waals surface area contributed by atoms with Crippen LogP contribution in [0.1, 0.15) is 65.4 Å². The summed E-state index contributed by atoms with van der Waals surface area (Å²) in [4.78, 5) is 2.69. The summed E-state index contributed by atoms with van der Waals surface area (Å²) in [6.07, 6.45) is 7.29. The number of fused-ring (bicyclic) bond motifs is 2. The highest BCUT2D eigenvalue weighted by molar-refractivity contribution is 6.62. The van der Waals surface area contributed by atoms with E-state index in [4.69, 9.17) is 14.0 Å². The van der Waals surface area contributed by atoms with Crippen LogP contribution >= 0.6 is 0 Å². The minimum absolute atomic E-state index is 0.000640. The predicted octanol–water partition coefficient (Wildman–Crippen LogP) is 3.31. The maximum Gasteiger partial charge on any atom is 0.494 e. The van der Waals surface area contributed by atoms with Gasteiger partial charge >= 0.3 is 7.12 Å². The normalized spacial score (nSPS) is 34.4. The van der Waals surface area contributed by atoms with Gasteiger partial charge in [0.15, 0.2) is 0 Å². The molecule has 1 spiro atoms. The molecular formula is C22H32BNO3. The van der Waals surface area contributed by atoms with E-state index in [1.165, 1.54) is 50.8 Å². The first-order valence-corrected chi connectivity index (χ1v) is 10.7. The predicted molar refractivity (Wildman–Crippen MR) is 108 cm³/mol. The smallest absolute Gasteiger partial charge is 0.487 e. The van der Waals surface area contributed by atoms with Gasteiger partial charge in [-0.2, -0.15) is 0 Å². The summed E-state index contributed by atoms with van der Waals surface area (Å²) in [5.41, 5.74) is 1.84. The molecule has 1 aromatic carbocycles. The molecule has 0 saturated carbocycles. The summed E-state index contributed by atoms with van der Waals surface area (Å²) in [7, 11) is -0.295. The molecule has 4 nitrogen and oxygen atoms in total. The third-order valence-corrected chi connectivity index (χ3v) is 7.63. The zero-order valence-corrected chi connectivity index (χ0v) is 17.2. The molecule has 4 aliphatic rings. The van der Waals surface area contributed by atoms with Crippen LogP contribution in [0.25, 0.3) is 0 Å². The van der Waals surface area contributed by atoms with E-state index in [1.807, 2.05) is 0 Å². The highest BCUT2D eigenvalue weighted by Gasteiger charge is 2.52. The van der Waals surface area contributed by atoms with Crippen molar-refractivity contribution in [1.29, 1.82) is 0 Å². The third-order valence-electron chi connectivity index (χ3n) is 7.63. The van der Waals surface area contributed by atoms with Gasteiger partial charge in [-0.1, -0.05) is 12.1 Å². The number of nitrogens with zero attached hydrogens (tertiary/aromatic N) is 1. The molecule has 0 N–H and O–H groups in total. The van der Waals surface area contributed by atoms with Gasteiger partial charge in [-0.25, -0.2) is 0 Å². The van der Waals surface area contributed by atoms with Crippen molar-refractivity contribution in [2.75, 3.05) is 13.1 Å². The second-order valence-electron chi connectivity index (χ2n) is 10.1. The molecule has 1 aromatic rings.